The lowest BCUT2D eigenvalue weighted by Crippen LogP contribution is -2.45. The normalized spacial score (nSPS) is 22.6. The van der Waals surface area contributed by atoms with Gasteiger partial charge in [-0.05, 0) is 33.1 Å². The Morgan fingerprint density at radius 2 is 2.11 bits per heavy atom. The minimum atomic E-state index is -3.20. The molecular formula is C12H24ClNO3S. The molecule has 0 aromatic rings. The molecule has 1 heterocycles. The predicted molar refractivity (Wildman–Crippen MR) is 74.6 cm³/mol. The zero-order valence-electron chi connectivity index (χ0n) is 11.3. The van der Waals surface area contributed by atoms with Gasteiger partial charge in [0.15, 0.2) is 0 Å². The van der Waals surface area contributed by atoms with E-state index in [2.05, 4.69) is 0 Å². The second-order valence-corrected chi connectivity index (χ2v) is 7.39. The van der Waals surface area contributed by atoms with E-state index in [1.54, 1.807) is 4.31 Å². The van der Waals surface area contributed by atoms with E-state index in [1.807, 2.05) is 13.8 Å². The van der Waals surface area contributed by atoms with Crippen molar-refractivity contribution < 1.29 is 13.2 Å². The lowest BCUT2D eigenvalue weighted by molar-refractivity contribution is 0.0902. The van der Waals surface area contributed by atoms with E-state index in [0.717, 1.165) is 25.7 Å². The summed E-state index contributed by atoms with van der Waals surface area (Å²) in [5.74, 6) is 0.586. The fourth-order valence-electron chi connectivity index (χ4n) is 2.26. The molecule has 0 bridgehead atoms. The summed E-state index contributed by atoms with van der Waals surface area (Å²) in [4.78, 5) is 0. The van der Waals surface area contributed by atoms with Gasteiger partial charge in [0, 0.05) is 18.5 Å². The third kappa shape index (κ3) is 5.03. The number of ether oxygens (including phenoxy) is 1. The highest BCUT2D eigenvalue weighted by molar-refractivity contribution is 7.89. The first-order valence-corrected chi connectivity index (χ1v) is 8.79. The van der Waals surface area contributed by atoms with Crippen molar-refractivity contribution in [3.8, 4) is 0 Å². The molecule has 1 saturated heterocycles. The summed E-state index contributed by atoms with van der Waals surface area (Å²) in [5.41, 5.74) is 0. The van der Waals surface area contributed by atoms with E-state index in [4.69, 9.17) is 16.3 Å². The van der Waals surface area contributed by atoms with Crippen LogP contribution < -0.4 is 0 Å². The quantitative estimate of drug-likeness (QED) is 0.677. The molecule has 1 aliphatic rings. The zero-order chi connectivity index (χ0) is 13.6. The first-order valence-electron chi connectivity index (χ1n) is 6.64. The van der Waals surface area contributed by atoms with E-state index in [9.17, 15) is 8.42 Å². The molecule has 0 N–H and O–H groups in total. The van der Waals surface area contributed by atoms with Gasteiger partial charge in [0.1, 0.15) is 0 Å². The topological polar surface area (TPSA) is 46.6 Å². The van der Waals surface area contributed by atoms with Crippen LogP contribution >= 0.6 is 11.6 Å². The summed E-state index contributed by atoms with van der Waals surface area (Å²) in [6.07, 6.45) is 3.78. The summed E-state index contributed by atoms with van der Waals surface area (Å²) in [6, 6.07) is 0.0836. The average Bonchev–Trinajstić information content (AvgIpc) is 2.29. The molecule has 1 fully saturated rings. The summed E-state index contributed by atoms with van der Waals surface area (Å²) in [6.45, 7) is 4.71. The van der Waals surface area contributed by atoms with Crippen molar-refractivity contribution in [2.45, 2.75) is 51.7 Å². The van der Waals surface area contributed by atoms with Gasteiger partial charge in [0.05, 0.1) is 18.5 Å². The van der Waals surface area contributed by atoms with Gasteiger partial charge in [-0.15, -0.1) is 11.6 Å². The standard InChI is InChI=1S/C12H24ClNO3S/c1-11(2)17-9-10-18(15,16)14-8-4-3-5-12(14)6-7-13/h11-12H,3-10H2,1-2H3. The van der Waals surface area contributed by atoms with E-state index < -0.39 is 10.0 Å². The zero-order valence-corrected chi connectivity index (χ0v) is 12.8. The molecule has 0 aliphatic carbocycles. The molecule has 0 saturated carbocycles. The van der Waals surface area contributed by atoms with Crippen molar-refractivity contribution in [1.82, 2.24) is 4.31 Å². The van der Waals surface area contributed by atoms with Gasteiger partial charge < -0.3 is 4.74 Å². The molecule has 0 amide bonds. The smallest absolute Gasteiger partial charge is 0.216 e. The van der Waals surface area contributed by atoms with Gasteiger partial charge >= 0.3 is 0 Å². The first-order chi connectivity index (χ1) is 8.47. The van der Waals surface area contributed by atoms with Crippen LogP contribution in [-0.2, 0) is 14.8 Å². The number of alkyl halides is 1. The van der Waals surface area contributed by atoms with Crippen LogP contribution in [0.3, 0.4) is 0 Å². The van der Waals surface area contributed by atoms with Gasteiger partial charge in [-0.3, -0.25) is 0 Å². The molecule has 1 aliphatic heterocycles. The van der Waals surface area contributed by atoms with E-state index in [0.29, 0.717) is 12.4 Å². The van der Waals surface area contributed by atoms with Crippen molar-refractivity contribution >= 4 is 21.6 Å². The van der Waals surface area contributed by atoms with Crippen LogP contribution in [0.1, 0.15) is 39.5 Å². The van der Waals surface area contributed by atoms with Gasteiger partial charge in [-0.25, -0.2) is 8.42 Å². The van der Waals surface area contributed by atoms with E-state index in [1.165, 1.54) is 0 Å². The van der Waals surface area contributed by atoms with E-state index >= 15 is 0 Å². The molecule has 1 rings (SSSR count). The Hall–Kier alpha value is 0.160. The monoisotopic (exact) mass is 297 g/mol. The number of piperidine rings is 1. The highest BCUT2D eigenvalue weighted by Crippen LogP contribution is 2.23. The predicted octanol–water partition coefficient (Wildman–Crippen LogP) is 2.22. The number of halogens is 1. The van der Waals surface area contributed by atoms with Crippen molar-refractivity contribution in [2.75, 3.05) is 24.8 Å². The second kappa shape index (κ2) is 7.68. The Morgan fingerprint density at radius 1 is 1.39 bits per heavy atom. The molecule has 1 unspecified atom stereocenters. The van der Waals surface area contributed by atoms with Gasteiger partial charge in [-0.1, -0.05) is 6.42 Å². The van der Waals surface area contributed by atoms with Crippen molar-refractivity contribution in [3.05, 3.63) is 0 Å². The fourth-order valence-corrected chi connectivity index (χ4v) is 4.13. The Balaban J connectivity index is 2.57. The maximum absolute atomic E-state index is 12.3. The number of rotatable bonds is 7. The molecule has 6 heteroatoms. The lowest BCUT2D eigenvalue weighted by atomic mass is 10.0. The molecule has 0 aromatic carbocycles. The van der Waals surface area contributed by atoms with Gasteiger partial charge in [0.25, 0.3) is 0 Å². The summed E-state index contributed by atoms with van der Waals surface area (Å²) in [7, 11) is -3.20. The van der Waals surface area contributed by atoms with Crippen LogP contribution in [-0.4, -0.2) is 49.7 Å². The third-order valence-electron chi connectivity index (χ3n) is 3.17. The number of sulfonamides is 1. The Bertz CT molecular complexity index is 330. The van der Waals surface area contributed by atoms with Gasteiger partial charge in [0.2, 0.25) is 10.0 Å². The van der Waals surface area contributed by atoms with Crippen molar-refractivity contribution in [1.29, 1.82) is 0 Å². The van der Waals surface area contributed by atoms with Crippen LogP contribution in [0.25, 0.3) is 0 Å². The minimum absolute atomic E-state index is 0.0696. The summed E-state index contributed by atoms with van der Waals surface area (Å²) in [5, 5.41) is 0. The first kappa shape index (κ1) is 16.2. The number of hydrogen-bond donors (Lipinski definition) is 0. The molecule has 18 heavy (non-hydrogen) atoms. The summed E-state index contributed by atoms with van der Waals surface area (Å²) >= 11 is 5.75. The van der Waals surface area contributed by atoms with Crippen LogP contribution in [0, 0.1) is 0 Å². The second-order valence-electron chi connectivity index (χ2n) is 4.97. The Labute approximate surface area is 116 Å². The van der Waals surface area contributed by atoms with Crippen molar-refractivity contribution in [2.24, 2.45) is 0 Å². The lowest BCUT2D eigenvalue weighted by Gasteiger charge is -2.34. The Morgan fingerprint density at radius 3 is 2.72 bits per heavy atom. The minimum Gasteiger partial charge on any atom is -0.378 e. The number of hydrogen-bond acceptors (Lipinski definition) is 3. The average molecular weight is 298 g/mol. The molecular weight excluding hydrogens is 274 g/mol. The maximum atomic E-state index is 12.3. The Kier molecular flexibility index (Phi) is 6.92. The maximum Gasteiger partial charge on any atom is 0.216 e. The van der Waals surface area contributed by atoms with Gasteiger partial charge in [-0.2, -0.15) is 4.31 Å². The highest BCUT2D eigenvalue weighted by Gasteiger charge is 2.31. The van der Waals surface area contributed by atoms with Crippen LogP contribution in [0.2, 0.25) is 0 Å². The molecule has 0 spiro atoms. The SMILES string of the molecule is CC(C)OCCS(=O)(=O)N1CCCCC1CCCl. The molecule has 108 valence electrons. The fraction of sp³-hybridized carbons (Fsp3) is 1.00. The van der Waals surface area contributed by atoms with Crippen molar-refractivity contribution in [3.63, 3.8) is 0 Å². The number of nitrogens with zero attached hydrogens (tertiary/aromatic N) is 1. The summed E-state index contributed by atoms with van der Waals surface area (Å²) < 4.78 is 31.5. The molecule has 0 radical (unpaired) electrons. The molecule has 0 aromatic heterocycles. The van der Waals surface area contributed by atoms with E-state index in [-0.39, 0.29) is 24.5 Å². The van der Waals surface area contributed by atoms with Crippen LogP contribution in [0.4, 0.5) is 0 Å². The highest BCUT2D eigenvalue weighted by atomic mass is 35.5. The van der Waals surface area contributed by atoms with Crippen LogP contribution in [0.5, 0.6) is 0 Å². The molecule has 4 nitrogen and oxygen atoms in total. The largest absolute Gasteiger partial charge is 0.378 e. The third-order valence-corrected chi connectivity index (χ3v) is 5.26. The van der Waals surface area contributed by atoms with Crippen LogP contribution in [0.15, 0.2) is 0 Å². The molecule has 1 atom stereocenters.